The van der Waals surface area contributed by atoms with Crippen molar-refractivity contribution < 1.29 is 17.9 Å². The lowest BCUT2D eigenvalue weighted by Gasteiger charge is -2.18. The Morgan fingerprint density at radius 3 is 2.47 bits per heavy atom. The predicted octanol–water partition coefficient (Wildman–Crippen LogP) is 3.71. The van der Waals surface area contributed by atoms with Gasteiger partial charge in [-0.1, -0.05) is 19.9 Å². The molecule has 0 saturated heterocycles. The molecule has 0 bridgehead atoms. The summed E-state index contributed by atoms with van der Waals surface area (Å²) < 4.78 is 43.0. The molecule has 0 spiro atoms. The Kier molecular flexibility index (Phi) is 5.66. The first-order valence-corrected chi connectivity index (χ1v) is 6.33. The highest BCUT2D eigenvalue weighted by molar-refractivity contribution is 5.30. The molecule has 1 unspecified atom stereocenters. The smallest absolute Gasteiger partial charge is 0.416 e. The lowest BCUT2D eigenvalue weighted by atomic mass is 9.98. The van der Waals surface area contributed by atoms with Crippen molar-refractivity contribution in [3.63, 3.8) is 0 Å². The van der Waals surface area contributed by atoms with Crippen LogP contribution in [-0.4, -0.2) is 13.2 Å². The second-order valence-corrected chi connectivity index (χ2v) is 5.07. The quantitative estimate of drug-likeness (QED) is 0.859. The SMILES string of the molecule is CC(C)CC(CN)COc1cccc(C(F)(F)F)c1. The molecule has 108 valence electrons. The van der Waals surface area contributed by atoms with Crippen molar-refractivity contribution in [2.24, 2.45) is 17.6 Å². The number of hydrogen-bond donors (Lipinski definition) is 1. The van der Waals surface area contributed by atoms with E-state index in [9.17, 15) is 13.2 Å². The Morgan fingerprint density at radius 2 is 1.95 bits per heavy atom. The molecule has 0 saturated carbocycles. The lowest BCUT2D eigenvalue weighted by molar-refractivity contribution is -0.137. The lowest BCUT2D eigenvalue weighted by Crippen LogP contribution is -2.23. The van der Waals surface area contributed by atoms with E-state index in [0.717, 1.165) is 18.6 Å². The van der Waals surface area contributed by atoms with Crippen molar-refractivity contribution in [1.29, 1.82) is 0 Å². The molecular weight excluding hydrogens is 255 g/mol. The minimum Gasteiger partial charge on any atom is -0.493 e. The van der Waals surface area contributed by atoms with Gasteiger partial charge >= 0.3 is 6.18 Å². The van der Waals surface area contributed by atoms with Crippen molar-refractivity contribution in [3.05, 3.63) is 29.8 Å². The van der Waals surface area contributed by atoms with Gasteiger partial charge in [0.05, 0.1) is 12.2 Å². The molecule has 1 aromatic rings. The molecule has 5 heteroatoms. The van der Waals surface area contributed by atoms with E-state index in [-0.39, 0.29) is 11.7 Å². The molecule has 2 N–H and O–H groups in total. The van der Waals surface area contributed by atoms with Gasteiger partial charge in [0.2, 0.25) is 0 Å². The summed E-state index contributed by atoms with van der Waals surface area (Å²) in [5, 5.41) is 0. The second kappa shape index (κ2) is 6.80. The van der Waals surface area contributed by atoms with E-state index in [1.165, 1.54) is 12.1 Å². The van der Waals surface area contributed by atoms with Crippen LogP contribution in [0.5, 0.6) is 5.75 Å². The Labute approximate surface area is 111 Å². The molecule has 0 radical (unpaired) electrons. The molecule has 0 aromatic heterocycles. The summed E-state index contributed by atoms with van der Waals surface area (Å²) in [6, 6.07) is 4.92. The largest absolute Gasteiger partial charge is 0.493 e. The number of hydrogen-bond acceptors (Lipinski definition) is 2. The maximum absolute atomic E-state index is 12.5. The van der Waals surface area contributed by atoms with Gasteiger partial charge in [0.1, 0.15) is 5.75 Å². The molecule has 1 atom stereocenters. The summed E-state index contributed by atoms with van der Waals surface area (Å²) in [7, 11) is 0. The van der Waals surface area contributed by atoms with Crippen LogP contribution in [0.25, 0.3) is 0 Å². The molecule has 0 aliphatic rings. The van der Waals surface area contributed by atoms with Crippen LogP contribution >= 0.6 is 0 Å². The fraction of sp³-hybridized carbons (Fsp3) is 0.571. The fourth-order valence-corrected chi connectivity index (χ4v) is 1.88. The van der Waals surface area contributed by atoms with E-state index in [0.29, 0.717) is 19.1 Å². The zero-order valence-electron chi connectivity index (χ0n) is 11.2. The molecule has 0 aliphatic heterocycles. The van der Waals surface area contributed by atoms with E-state index in [1.54, 1.807) is 0 Å². The van der Waals surface area contributed by atoms with Crippen LogP contribution in [-0.2, 0) is 6.18 Å². The molecule has 0 amide bonds. The molecular formula is C14H20F3NO. The van der Waals surface area contributed by atoms with E-state index < -0.39 is 11.7 Å². The maximum Gasteiger partial charge on any atom is 0.416 e. The second-order valence-electron chi connectivity index (χ2n) is 5.07. The van der Waals surface area contributed by atoms with E-state index in [1.807, 2.05) is 0 Å². The average Bonchev–Trinajstić information content (AvgIpc) is 2.33. The van der Waals surface area contributed by atoms with Crippen LogP contribution < -0.4 is 10.5 Å². The van der Waals surface area contributed by atoms with Gasteiger partial charge in [-0.15, -0.1) is 0 Å². The van der Waals surface area contributed by atoms with Crippen molar-refractivity contribution in [2.45, 2.75) is 26.4 Å². The minimum atomic E-state index is -4.34. The van der Waals surface area contributed by atoms with Crippen molar-refractivity contribution in [1.82, 2.24) is 0 Å². The van der Waals surface area contributed by atoms with E-state index >= 15 is 0 Å². The minimum absolute atomic E-state index is 0.162. The van der Waals surface area contributed by atoms with Crippen molar-refractivity contribution in [3.8, 4) is 5.75 Å². The van der Waals surface area contributed by atoms with Crippen LogP contribution in [0.2, 0.25) is 0 Å². The topological polar surface area (TPSA) is 35.2 Å². The zero-order chi connectivity index (χ0) is 14.5. The number of rotatable bonds is 6. The Morgan fingerprint density at radius 1 is 1.26 bits per heavy atom. The first kappa shape index (κ1) is 15.8. The standard InChI is InChI=1S/C14H20F3NO/c1-10(2)6-11(8-18)9-19-13-5-3-4-12(7-13)14(15,16)17/h3-5,7,10-11H,6,8-9,18H2,1-2H3. The van der Waals surface area contributed by atoms with Gasteiger partial charge in [-0.25, -0.2) is 0 Å². The number of halogens is 3. The Hall–Kier alpha value is -1.23. The van der Waals surface area contributed by atoms with E-state index in [4.69, 9.17) is 10.5 Å². The van der Waals surface area contributed by atoms with Crippen molar-refractivity contribution in [2.75, 3.05) is 13.2 Å². The normalized spacial score (nSPS) is 13.6. The van der Waals surface area contributed by atoms with Gasteiger partial charge in [-0.3, -0.25) is 0 Å². The zero-order valence-corrected chi connectivity index (χ0v) is 11.2. The number of alkyl halides is 3. The monoisotopic (exact) mass is 275 g/mol. The third-order valence-corrected chi connectivity index (χ3v) is 2.79. The van der Waals surface area contributed by atoms with Crippen LogP contribution in [0, 0.1) is 11.8 Å². The van der Waals surface area contributed by atoms with Crippen LogP contribution in [0.15, 0.2) is 24.3 Å². The maximum atomic E-state index is 12.5. The third-order valence-electron chi connectivity index (χ3n) is 2.79. The number of benzene rings is 1. The summed E-state index contributed by atoms with van der Waals surface area (Å²) >= 11 is 0. The summed E-state index contributed by atoms with van der Waals surface area (Å²) in [5.41, 5.74) is 4.93. The molecule has 0 heterocycles. The highest BCUT2D eigenvalue weighted by Gasteiger charge is 2.30. The van der Waals surface area contributed by atoms with Crippen molar-refractivity contribution >= 4 is 0 Å². The van der Waals surface area contributed by atoms with Gasteiger partial charge in [-0.2, -0.15) is 13.2 Å². The first-order chi connectivity index (χ1) is 8.82. The van der Waals surface area contributed by atoms with Gasteiger partial charge in [0, 0.05) is 5.92 Å². The molecule has 2 nitrogen and oxygen atoms in total. The third kappa shape index (κ3) is 5.51. The molecule has 0 aliphatic carbocycles. The average molecular weight is 275 g/mol. The molecule has 1 aromatic carbocycles. The number of ether oxygens (including phenoxy) is 1. The molecule has 1 rings (SSSR count). The number of nitrogens with two attached hydrogens (primary N) is 1. The first-order valence-electron chi connectivity index (χ1n) is 6.33. The van der Waals surface area contributed by atoms with Gasteiger partial charge in [-0.05, 0) is 37.1 Å². The summed E-state index contributed by atoms with van der Waals surface area (Å²) in [6.07, 6.45) is -3.44. The van der Waals surface area contributed by atoms with Crippen LogP contribution in [0.1, 0.15) is 25.8 Å². The molecule has 19 heavy (non-hydrogen) atoms. The summed E-state index contributed by atoms with van der Waals surface area (Å²) in [6.45, 7) is 4.97. The van der Waals surface area contributed by atoms with E-state index in [2.05, 4.69) is 13.8 Å². The molecule has 0 fully saturated rings. The highest BCUT2D eigenvalue weighted by atomic mass is 19.4. The van der Waals surface area contributed by atoms with Crippen LogP contribution in [0.3, 0.4) is 0 Å². The van der Waals surface area contributed by atoms with Gasteiger partial charge < -0.3 is 10.5 Å². The highest BCUT2D eigenvalue weighted by Crippen LogP contribution is 2.31. The van der Waals surface area contributed by atoms with Crippen LogP contribution in [0.4, 0.5) is 13.2 Å². The summed E-state index contributed by atoms with van der Waals surface area (Å²) in [5.74, 6) is 0.880. The Bertz CT molecular complexity index is 391. The van der Waals surface area contributed by atoms with Gasteiger partial charge in [0.25, 0.3) is 0 Å². The van der Waals surface area contributed by atoms with Gasteiger partial charge in [0.15, 0.2) is 0 Å². The summed E-state index contributed by atoms with van der Waals surface area (Å²) in [4.78, 5) is 0. The predicted molar refractivity (Wildman–Crippen MR) is 68.9 cm³/mol. The Balaban J connectivity index is 2.62. The fourth-order valence-electron chi connectivity index (χ4n) is 1.88.